The minimum absolute atomic E-state index is 0.245. The van der Waals surface area contributed by atoms with Crippen LogP contribution in [0, 0.1) is 0 Å². The molecule has 0 atom stereocenters. The van der Waals surface area contributed by atoms with Gasteiger partial charge in [-0.3, -0.25) is 4.79 Å². The van der Waals surface area contributed by atoms with Gasteiger partial charge in [0.25, 0.3) is 0 Å². The summed E-state index contributed by atoms with van der Waals surface area (Å²) in [6, 6.07) is 7.67. The van der Waals surface area contributed by atoms with E-state index < -0.39 is 11.9 Å². The average Bonchev–Trinajstić information content (AvgIpc) is 3.32. The van der Waals surface area contributed by atoms with Crippen LogP contribution >= 0.6 is 0 Å². The molecule has 0 radical (unpaired) electrons. The average molecular weight is 414 g/mol. The van der Waals surface area contributed by atoms with Crippen LogP contribution in [0.2, 0.25) is 0 Å². The number of hydrogen-bond donors (Lipinski definition) is 0. The largest absolute Gasteiger partial charge is 0.465 e. The minimum atomic E-state index is -0.560. The Kier molecular flexibility index (Phi) is 6.44. The predicted molar refractivity (Wildman–Crippen MR) is 111 cm³/mol. The number of benzene rings is 1. The van der Waals surface area contributed by atoms with Crippen LogP contribution < -0.4 is 4.90 Å². The maximum absolute atomic E-state index is 12.6. The number of anilines is 1. The number of esters is 3. The van der Waals surface area contributed by atoms with E-state index in [0.717, 1.165) is 29.9 Å². The second kappa shape index (κ2) is 9.02. The molecule has 160 valence electrons. The minimum Gasteiger partial charge on any atom is -0.465 e. The standard InChI is InChI=1S/C22H26N2O6/c1-14(25)30-13-12-23(2)16-9-7-15(8-10-16)20-19(22(27)29-4)18(21(26)28-3)17-6-5-11-24(17)20/h7-10H,5-6,11-13H2,1-4H3. The molecule has 1 aliphatic rings. The maximum Gasteiger partial charge on any atom is 0.340 e. The monoisotopic (exact) mass is 414 g/mol. The Balaban J connectivity index is 1.98. The molecule has 1 aromatic carbocycles. The number of ether oxygens (including phenoxy) is 3. The van der Waals surface area contributed by atoms with Crippen LogP contribution in [0.1, 0.15) is 39.8 Å². The Bertz CT molecular complexity index is 961. The van der Waals surface area contributed by atoms with Gasteiger partial charge >= 0.3 is 17.9 Å². The van der Waals surface area contributed by atoms with Crippen LogP contribution in [-0.2, 0) is 32.0 Å². The second-order valence-electron chi connectivity index (χ2n) is 7.09. The first-order valence-corrected chi connectivity index (χ1v) is 9.76. The lowest BCUT2D eigenvalue weighted by Gasteiger charge is -2.19. The van der Waals surface area contributed by atoms with Crippen LogP contribution in [0.5, 0.6) is 0 Å². The quantitative estimate of drug-likeness (QED) is 0.508. The van der Waals surface area contributed by atoms with Gasteiger partial charge in [0.05, 0.1) is 32.0 Å². The van der Waals surface area contributed by atoms with E-state index in [1.54, 1.807) is 0 Å². The first-order valence-electron chi connectivity index (χ1n) is 9.76. The lowest BCUT2D eigenvalue weighted by molar-refractivity contribution is -0.140. The lowest BCUT2D eigenvalue weighted by atomic mass is 10.0. The van der Waals surface area contributed by atoms with Crippen LogP contribution in [-0.4, -0.2) is 56.9 Å². The number of likely N-dealkylation sites (N-methyl/N-ethyl adjacent to an activating group) is 1. The maximum atomic E-state index is 12.6. The molecular weight excluding hydrogens is 388 g/mol. The van der Waals surface area contributed by atoms with Crippen molar-refractivity contribution in [3.8, 4) is 11.3 Å². The lowest BCUT2D eigenvalue weighted by Crippen LogP contribution is -2.23. The van der Waals surface area contributed by atoms with Gasteiger partial charge in [0.2, 0.25) is 0 Å². The fraction of sp³-hybridized carbons (Fsp3) is 0.409. The zero-order valence-corrected chi connectivity index (χ0v) is 17.7. The van der Waals surface area contributed by atoms with Crippen LogP contribution in [0.4, 0.5) is 5.69 Å². The summed E-state index contributed by atoms with van der Waals surface area (Å²) < 4.78 is 16.9. The summed E-state index contributed by atoms with van der Waals surface area (Å²) in [4.78, 5) is 38.0. The van der Waals surface area contributed by atoms with E-state index in [2.05, 4.69) is 0 Å². The molecule has 0 amide bonds. The zero-order chi connectivity index (χ0) is 21.8. The molecule has 0 fully saturated rings. The van der Waals surface area contributed by atoms with E-state index in [1.807, 2.05) is 40.8 Å². The molecule has 8 heteroatoms. The molecule has 2 aromatic rings. The highest BCUT2D eigenvalue weighted by atomic mass is 16.5. The zero-order valence-electron chi connectivity index (χ0n) is 17.7. The fourth-order valence-corrected chi connectivity index (χ4v) is 3.83. The topological polar surface area (TPSA) is 87.1 Å². The van der Waals surface area contributed by atoms with Crippen molar-refractivity contribution in [1.82, 2.24) is 4.57 Å². The van der Waals surface area contributed by atoms with Crippen molar-refractivity contribution in [3.63, 3.8) is 0 Å². The van der Waals surface area contributed by atoms with Gasteiger partial charge in [0, 0.05) is 31.9 Å². The van der Waals surface area contributed by atoms with E-state index in [4.69, 9.17) is 14.2 Å². The highest BCUT2D eigenvalue weighted by molar-refractivity contribution is 6.09. The van der Waals surface area contributed by atoms with Crippen molar-refractivity contribution >= 4 is 23.6 Å². The molecule has 0 unspecified atom stereocenters. The molecule has 0 N–H and O–H groups in total. The van der Waals surface area contributed by atoms with Gasteiger partial charge in [-0.25, -0.2) is 9.59 Å². The highest BCUT2D eigenvalue weighted by Gasteiger charge is 2.34. The summed E-state index contributed by atoms with van der Waals surface area (Å²) in [5.41, 5.74) is 3.76. The van der Waals surface area contributed by atoms with E-state index >= 15 is 0 Å². The van der Waals surface area contributed by atoms with Gasteiger partial charge in [0.1, 0.15) is 12.2 Å². The Morgan fingerprint density at radius 2 is 1.67 bits per heavy atom. The molecule has 1 aliphatic heterocycles. The molecule has 0 bridgehead atoms. The Morgan fingerprint density at radius 3 is 2.27 bits per heavy atom. The van der Waals surface area contributed by atoms with E-state index in [1.165, 1.54) is 21.1 Å². The van der Waals surface area contributed by atoms with E-state index in [9.17, 15) is 14.4 Å². The third-order valence-corrected chi connectivity index (χ3v) is 5.26. The molecule has 30 heavy (non-hydrogen) atoms. The number of hydrogen-bond acceptors (Lipinski definition) is 7. The molecule has 0 saturated heterocycles. The molecule has 8 nitrogen and oxygen atoms in total. The van der Waals surface area contributed by atoms with Gasteiger partial charge in [-0.05, 0) is 30.5 Å². The van der Waals surface area contributed by atoms with Gasteiger partial charge in [-0.1, -0.05) is 12.1 Å². The fourth-order valence-electron chi connectivity index (χ4n) is 3.83. The molecule has 2 heterocycles. The Labute approximate surface area is 175 Å². The predicted octanol–water partition coefficient (Wildman–Crippen LogP) is 2.67. The number of carbonyl (C=O) groups excluding carboxylic acids is 3. The third kappa shape index (κ3) is 4.03. The van der Waals surface area contributed by atoms with E-state index in [0.29, 0.717) is 30.8 Å². The molecule has 3 rings (SSSR count). The van der Waals surface area contributed by atoms with Crippen LogP contribution in [0.15, 0.2) is 24.3 Å². The van der Waals surface area contributed by atoms with Gasteiger partial charge in [-0.15, -0.1) is 0 Å². The Morgan fingerprint density at radius 1 is 1.03 bits per heavy atom. The molecule has 0 saturated carbocycles. The van der Waals surface area contributed by atoms with Crippen molar-refractivity contribution in [3.05, 3.63) is 41.1 Å². The first-order chi connectivity index (χ1) is 14.4. The highest BCUT2D eigenvalue weighted by Crippen LogP contribution is 2.37. The van der Waals surface area contributed by atoms with Crippen molar-refractivity contribution in [2.45, 2.75) is 26.3 Å². The van der Waals surface area contributed by atoms with Crippen LogP contribution in [0.25, 0.3) is 11.3 Å². The molecule has 0 spiro atoms. The van der Waals surface area contributed by atoms with Crippen molar-refractivity contribution in [2.75, 3.05) is 39.3 Å². The summed E-state index contributed by atoms with van der Waals surface area (Å²) in [7, 11) is 4.52. The smallest absolute Gasteiger partial charge is 0.340 e. The molecule has 0 aliphatic carbocycles. The third-order valence-electron chi connectivity index (χ3n) is 5.26. The number of rotatable bonds is 7. The summed E-state index contributed by atoms with van der Waals surface area (Å²) >= 11 is 0. The summed E-state index contributed by atoms with van der Waals surface area (Å²) in [5, 5.41) is 0. The summed E-state index contributed by atoms with van der Waals surface area (Å²) in [5.74, 6) is -1.40. The van der Waals surface area contributed by atoms with Crippen LogP contribution in [0.3, 0.4) is 0 Å². The number of carbonyl (C=O) groups is 3. The summed E-state index contributed by atoms with van der Waals surface area (Å²) in [6.45, 7) is 2.95. The second-order valence-corrected chi connectivity index (χ2v) is 7.09. The number of methoxy groups -OCH3 is 2. The molecule has 1 aromatic heterocycles. The number of fused-ring (bicyclic) bond motifs is 1. The van der Waals surface area contributed by atoms with E-state index in [-0.39, 0.29) is 11.5 Å². The van der Waals surface area contributed by atoms with Gasteiger partial charge in [-0.2, -0.15) is 0 Å². The number of nitrogens with zero attached hydrogens (tertiary/aromatic N) is 2. The normalized spacial score (nSPS) is 12.3. The molecular formula is C22H26N2O6. The number of aromatic nitrogens is 1. The van der Waals surface area contributed by atoms with Gasteiger partial charge < -0.3 is 23.7 Å². The SMILES string of the molecule is COC(=O)c1c(C(=O)OC)c(-c2ccc(N(C)CCOC(C)=O)cc2)n2c1CCC2. The first kappa shape index (κ1) is 21.4. The Hall–Kier alpha value is -3.29. The van der Waals surface area contributed by atoms with Crippen molar-refractivity contribution < 1.29 is 28.6 Å². The van der Waals surface area contributed by atoms with Crippen molar-refractivity contribution in [1.29, 1.82) is 0 Å². The van der Waals surface area contributed by atoms with Crippen molar-refractivity contribution in [2.24, 2.45) is 0 Å². The summed E-state index contributed by atoms with van der Waals surface area (Å²) in [6.07, 6.45) is 1.59. The van der Waals surface area contributed by atoms with Gasteiger partial charge in [0.15, 0.2) is 0 Å².